The summed E-state index contributed by atoms with van der Waals surface area (Å²) in [4.78, 5) is 2.36. The average molecular weight is 234 g/mol. The number of piperidine rings is 1. The van der Waals surface area contributed by atoms with Crippen molar-refractivity contribution in [2.45, 2.75) is 18.9 Å². The van der Waals surface area contributed by atoms with E-state index in [1.54, 1.807) is 13.3 Å². The Morgan fingerprint density at radius 2 is 2.06 bits per heavy atom. The number of aromatic nitrogens is 2. The number of nitrogens with zero attached hydrogens (tertiary/aromatic N) is 3. The summed E-state index contributed by atoms with van der Waals surface area (Å²) in [6.45, 7) is 2.07. The molecule has 2 heterocycles. The molecule has 1 aromatic rings. The quantitative estimate of drug-likeness (QED) is 0.814. The van der Waals surface area contributed by atoms with Gasteiger partial charge in [-0.2, -0.15) is 5.10 Å². The second kappa shape index (κ2) is 4.14. The fourth-order valence-corrected chi connectivity index (χ4v) is 3.09. The fourth-order valence-electron chi connectivity index (χ4n) is 3.09. The molecule has 2 bridgehead atoms. The molecule has 2 aliphatic rings. The fraction of sp³-hybridized carbons (Fsp3) is 0.667. The molecule has 0 radical (unpaired) electrons. The molecule has 3 rings (SSSR count). The molecule has 92 valence electrons. The molecule has 5 heteroatoms. The molecule has 0 aromatic carbocycles. The Labute approximate surface area is 101 Å². The van der Waals surface area contributed by atoms with Crippen molar-refractivity contribution in [1.82, 2.24) is 10.2 Å². The minimum Gasteiger partial charge on any atom is -0.480 e. The van der Waals surface area contributed by atoms with Gasteiger partial charge in [-0.15, -0.1) is 5.10 Å². The van der Waals surface area contributed by atoms with E-state index in [4.69, 9.17) is 10.5 Å². The largest absolute Gasteiger partial charge is 0.480 e. The van der Waals surface area contributed by atoms with Crippen LogP contribution in [0.4, 0.5) is 5.69 Å². The van der Waals surface area contributed by atoms with E-state index in [1.807, 2.05) is 6.07 Å². The Kier molecular flexibility index (Phi) is 2.63. The van der Waals surface area contributed by atoms with Gasteiger partial charge in [0, 0.05) is 25.2 Å². The summed E-state index contributed by atoms with van der Waals surface area (Å²) >= 11 is 0. The Morgan fingerprint density at radius 1 is 1.35 bits per heavy atom. The van der Waals surface area contributed by atoms with Crippen molar-refractivity contribution in [3.05, 3.63) is 12.3 Å². The van der Waals surface area contributed by atoms with Crippen LogP contribution in [0.1, 0.15) is 12.8 Å². The van der Waals surface area contributed by atoms with Crippen LogP contribution in [0.2, 0.25) is 0 Å². The standard InChI is InChI=1S/C12H18N4O/c1-17-11-4-10(5-14-15-11)16-6-8-2-3-9(7-16)12(8)13/h4-5,8-9,12H,2-3,6-7,13H2,1H3/t8-,9+,12+. The lowest BCUT2D eigenvalue weighted by Gasteiger charge is -2.37. The highest BCUT2D eigenvalue weighted by Gasteiger charge is 2.39. The summed E-state index contributed by atoms with van der Waals surface area (Å²) in [6.07, 6.45) is 4.33. The molecule has 2 fully saturated rings. The minimum atomic E-state index is 0.392. The van der Waals surface area contributed by atoms with E-state index in [0.717, 1.165) is 18.8 Å². The second-order valence-electron chi connectivity index (χ2n) is 5.04. The van der Waals surface area contributed by atoms with Crippen LogP contribution in [-0.2, 0) is 0 Å². The summed E-state index contributed by atoms with van der Waals surface area (Å²) in [7, 11) is 1.61. The SMILES string of the molecule is COc1cc(N2C[C@H]3CC[C@@H](C2)[C@H]3N)cnn1. The van der Waals surface area contributed by atoms with Crippen molar-refractivity contribution in [2.75, 3.05) is 25.1 Å². The smallest absolute Gasteiger partial charge is 0.235 e. The first-order valence-corrected chi connectivity index (χ1v) is 6.15. The summed E-state index contributed by atoms with van der Waals surface area (Å²) in [6, 6.07) is 2.34. The molecule has 2 N–H and O–H groups in total. The molecule has 1 aliphatic carbocycles. The molecule has 1 aliphatic heterocycles. The van der Waals surface area contributed by atoms with E-state index in [0.29, 0.717) is 23.8 Å². The van der Waals surface area contributed by atoms with Crippen molar-refractivity contribution in [2.24, 2.45) is 17.6 Å². The third kappa shape index (κ3) is 1.84. The number of anilines is 1. The van der Waals surface area contributed by atoms with Crippen LogP contribution in [-0.4, -0.2) is 36.4 Å². The van der Waals surface area contributed by atoms with E-state index in [-0.39, 0.29) is 0 Å². The van der Waals surface area contributed by atoms with E-state index >= 15 is 0 Å². The van der Waals surface area contributed by atoms with Gasteiger partial charge in [-0.3, -0.25) is 0 Å². The Bertz CT molecular complexity index is 397. The number of ether oxygens (including phenoxy) is 1. The predicted octanol–water partition coefficient (Wildman–Crippen LogP) is 0.659. The first kappa shape index (κ1) is 10.8. The van der Waals surface area contributed by atoms with Crippen LogP contribution in [0.5, 0.6) is 5.88 Å². The number of methoxy groups -OCH3 is 1. The first-order chi connectivity index (χ1) is 8.28. The van der Waals surface area contributed by atoms with Gasteiger partial charge in [-0.05, 0) is 24.7 Å². The van der Waals surface area contributed by atoms with Gasteiger partial charge in [0.25, 0.3) is 0 Å². The third-order valence-electron chi connectivity index (χ3n) is 4.10. The average Bonchev–Trinajstić information content (AvgIpc) is 2.61. The number of rotatable bonds is 2. The Morgan fingerprint density at radius 3 is 2.71 bits per heavy atom. The maximum absolute atomic E-state index is 6.20. The molecular weight excluding hydrogens is 216 g/mol. The second-order valence-corrected chi connectivity index (χ2v) is 5.04. The topological polar surface area (TPSA) is 64.3 Å². The van der Waals surface area contributed by atoms with Crippen molar-refractivity contribution in [3.63, 3.8) is 0 Å². The lowest BCUT2D eigenvalue weighted by atomic mass is 9.93. The number of hydrogen-bond acceptors (Lipinski definition) is 5. The molecule has 0 spiro atoms. The predicted molar refractivity (Wildman–Crippen MR) is 65.0 cm³/mol. The lowest BCUT2D eigenvalue weighted by molar-refractivity contribution is 0.354. The summed E-state index contributed by atoms with van der Waals surface area (Å²) < 4.78 is 5.11. The van der Waals surface area contributed by atoms with Crippen LogP contribution in [0.15, 0.2) is 12.3 Å². The van der Waals surface area contributed by atoms with Gasteiger partial charge in [0.15, 0.2) is 0 Å². The lowest BCUT2D eigenvalue weighted by Crippen LogP contribution is -2.48. The normalized spacial score (nSPS) is 31.6. The first-order valence-electron chi connectivity index (χ1n) is 6.15. The van der Waals surface area contributed by atoms with Crippen LogP contribution in [0.3, 0.4) is 0 Å². The minimum absolute atomic E-state index is 0.392. The zero-order valence-corrected chi connectivity index (χ0v) is 10.0. The van der Waals surface area contributed by atoms with Crippen LogP contribution < -0.4 is 15.4 Å². The van der Waals surface area contributed by atoms with Gasteiger partial charge < -0.3 is 15.4 Å². The van der Waals surface area contributed by atoms with Crippen LogP contribution in [0, 0.1) is 11.8 Å². The van der Waals surface area contributed by atoms with E-state index in [9.17, 15) is 0 Å². The van der Waals surface area contributed by atoms with Gasteiger partial charge in [-0.25, -0.2) is 0 Å². The molecule has 1 saturated heterocycles. The van der Waals surface area contributed by atoms with Gasteiger partial charge in [-0.1, -0.05) is 0 Å². The molecule has 17 heavy (non-hydrogen) atoms. The number of hydrogen-bond donors (Lipinski definition) is 1. The van der Waals surface area contributed by atoms with Gasteiger partial charge in [0.2, 0.25) is 5.88 Å². The molecular formula is C12H18N4O. The molecule has 3 atom stereocenters. The summed E-state index contributed by atoms with van der Waals surface area (Å²) in [5, 5.41) is 7.87. The zero-order chi connectivity index (χ0) is 11.8. The maximum atomic E-state index is 6.20. The molecule has 1 saturated carbocycles. The number of nitrogens with two attached hydrogens (primary N) is 1. The summed E-state index contributed by atoms with van der Waals surface area (Å²) in [5.41, 5.74) is 7.30. The molecule has 0 unspecified atom stereocenters. The monoisotopic (exact) mass is 234 g/mol. The molecule has 5 nitrogen and oxygen atoms in total. The third-order valence-corrected chi connectivity index (χ3v) is 4.10. The zero-order valence-electron chi connectivity index (χ0n) is 10.0. The van der Waals surface area contributed by atoms with Crippen LogP contribution in [0.25, 0.3) is 0 Å². The van der Waals surface area contributed by atoms with E-state index in [2.05, 4.69) is 15.1 Å². The van der Waals surface area contributed by atoms with Crippen molar-refractivity contribution in [3.8, 4) is 5.88 Å². The summed E-state index contributed by atoms with van der Waals surface area (Å²) in [5.74, 6) is 1.84. The Hall–Kier alpha value is -1.36. The highest BCUT2D eigenvalue weighted by molar-refractivity contribution is 5.47. The van der Waals surface area contributed by atoms with Gasteiger partial charge >= 0.3 is 0 Å². The van der Waals surface area contributed by atoms with Crippen molar-refractivity contribution < 1.29 is 4.74 Å². The highest BCUT2D eigenvalue weighted by atomic mass is 16.5. The maximum Gasteiger partial charge on any atom is 0.235 e. The van der Waals surface area contributed by atoms with Crippen molar-refractivity contribution >= 4 is 5.69 Å². The van der Waals surface area contributed by atoms with Gasteiger partial charge in [0.05, 0.1) is 19.0 Å². The number of fused-ring (bicyclic) bond motifs is 2. The molecule has 0 amide bonds. The van der Waals surface area contributed by atoms with Gasteiger partial charge in [0.1, 0.15) is 0 Å². The molecule has 1 aromatic heterocycles. The highest BCUT2D eigenvalue weighted by Crippen LogP contribution is 2.37. The van der Waals surface area contributed by atoms with E-state index in [1.165, 1.54) is 12.8 Å². The van der Waals surface area contributed by atoms with Crippen molar-refractivity contribution in [1.29, 1.82) is 0 Å². The Balaban J connectivity index is 1.81. The van der Waals surface area contributed by atoms with E-state index < -0.39 is 0 Å². The van der Waals surface area contributed by atoms with Crippen LogP contribution >= 0.6 is 0 Å².